The molecule has 2 aromatic carbocycles. The second-order valence-corrected chi connectivity index (χ2v) is 6.64. The first-order valence-electron chi connectivity index (χ1n) is 6.92. The Labute approximate surface area is 133 Å². The first-order valence-corrected chi connectivity index (χ1v) is 8.41. The molecular weight excluding hydrogens is 320 g/mol. The van der Waals surface area contributed by atoms with E-state index in [9.17, 15) is 23.6 Å². The summed E-state index contributed by atoms with van der Waals surface area (Å²) in [5, 5.41) is 20.2. The first-order chi connectivity index (χ1) is 10.8. The molecule has 7 nitrogen and oxygen atoms in total. The van der Waals surface area contributed by atoms with Gasteiger partial charge in [-0.3, -0.25) is 14.8 Å². The van der Waals surface area contributed by atoms with Crippen LogP contribution < -0.4 is 4.72 Å². The van der Waals surface area contributed by atoms with Crippen LogP contribution in [0.15, 0.2) is 47.4 Å². The Kier molecular flexibility index (Phi) is 4.85. The van der Waals surface area contributed by atoms with Gasteiger partial charge in [0, 0.05) is 11.8 Å². The number of aryl methyl sites for hydroxylation is 1. The lowest BCUT2D eigenvalue weighted by molar-refractivity contribution is -0.386. The maximum absolute atomic E-state index is 12.3. The van der Waals surface area contributed by atoms with Gasteiger partial charge in [-0.1, -0.05) is 25.5 Å². The summed E-state index contributed by atoms with van der Waals surface area (Å²) in [7, 11) is -3.98. The highest BCUT2D eigenvalue weighted by molar-refractivity contribution is 7.92. The standard InChI is InChI=1S/C15H16N2O5S/c1-2-3-11-4-6-12(7-5-11)16-23(21,22)13-8-9-15(18)14(10-13)17(19)20/h4-10,16,18H,2-3H2,1H3. The molecule has 0 aliphatic rings. The van der Waals surface area contributed by atoms with Crippen molar-refractivity contribution in [3.63, 3.8) is 0 Å². The van der Waals surface area contributed by atoms with Gasteiger partial charge in [-0.2, -0.15) is 0 Å². The Hall–Kier alpha value is -2.61. The van der Waals surface area contributed by atoms with Crippen molar-refractivity contribution in [2.45, 2.75) is 24.7 Å². The van der Waals surface area contributed by atoms with Crippen LogP contribution in [-0.2, 0) is 16.4 Å². The summed E-state index contributed by atoms with van der Waals surface area (Å²) in [4.78, 5) is 9.66. The van der Waals surface area contributed by atoms with E-state index in [-0.39, 0.29) is 4.90 Å². The molecule has 0 heterocycles. The number of rotatable bonds is 6. The van der Waals surface area contributed by atoms with E-state index in [0.717, 1.165) is 36.6 Å². The molecule has 0 fully saturated rings. The molecule has 0 radical (unpaired) electrons. The molecule has 2 aromatic rings. The van der Waals surface area contributed by atoms with Crippen LogP contribution in [0.25, 0.3) is 0 Å². The molecule has 0 aromatic heterocycles. The number of nitro groups is 1. The van der Waals surface area contributed by atoms with Crippen molar-refractivity contribution in [3.8, 4) is 5.75 Å². The number of nitrogens with one attached hydrogen (secondary N) is 1. The number of phenolic OH excluding ortho intramolecular Hbond substituents is 1. The zero-order valence-corrected chi connectivity index (χ0v) is 13.2. The molecule has 0 unspecified atom stereocenters. The Morgan fingerprint density at radius 1 is 1.17 bits per heavy atom. The third-order valence-corrected chi connectivity index (χ3v) is 4.58. The van der Waals surface area contributed by atoms with Crippen molar-refractivity contribution < 1.29 is 18.4 Å². The quantitative estimate of drug-likeness (QED) is 0.622. The van der Waals surface area contributed by atoms with Gasteiger partial charge < -0.3 is 5.11 Å². The zero-order valence-electron chi connectivity index (χ0n) is 12.4. The van der Waals surface area contributed by atoms with E-state index < -0.39 is 26.4 Å². The topological polar surface area (TPSA) is 110 Å². The van der Waals surface area contributed by atoms with Gasteiger partial charge in [0.2, 0.25) is 0 Å². The number of hydrogen-bond donors (Lipinski definition) is 2. The lowest BCUT2D eigenvalue weighted by Crippen LogP contribution is -2.13. The van der Waals surface area contributed by atoms with E-state index in [2.05, 4.69) is 4.72 Å². The maximum atomic E-state index is 12.3. The third-order valence-electron chi connectivity index (χ3n) is 3.20. The number of nitrogens with zero attached hydrogens (tertiary/aromatic N) is 1. The first kappa shape index (κ1) is 16.8. The minimum Gasteiger partial charge on any atom is -0.502 e. The van der Waals surface area contributed by atoms with Gasteiger partial charge >= 0.3 is 5.69 Å². The van der Waals surface area contributed by atoms with Crippen molar-refractivity contribution in [1.82, 2.24) is 0 Å². The number of benzene rings is 2. The Morgan fingerprint density at radius 2 is 1.83 bits per heavy atom. The zero-order chi connectivity index (χ0) is 17.0. The molecule has 2 rings (SSSR count). The summed E-state index contributed by atoms with van der Waals surface area (Å²) in [5.74, 6) is -0.585. The summed E-state index contributed by atoms with van der Waals surface area (Å²) in [5.41, 5.74) is 0.794. The van der Waals surface area contributed by atoms with Crippen molar-refractivity contribution >= 4 is 21.4 Å². The molecule has 0 spiro atoms. The molecule has 0 saturated heterocycles. The second kappa shape index (κ2) is 6.66. The fourth-order valence-corrected chi connectivity index (χ4v) is 3.14. The SMILES string of the molecule is CCCc1ccc(NS(=O)(=O)c2ccc(O)c([N+](=O)[O-])c2)cc1. The molecule has 0 aliphatic carbocycles. The molecule has 0 atom stereocenters. The van der Waals surface area contributed by atoms with Gasteiger partial charge in [-0.05, 0) is 36.2 Å². The van der Waals surface area contributed by atoms with Gasteiger partial charge in [0.15, 0.2) is 5.75 Å². The van der Waals surface area contributed by atoms with E-state index in [0.29, 0.717) is 5.69 Å². The van der Waals surface area contributed by atoms with E-state index in [1.54, 1.807) is 12.1 Å². The summed E-state index contributed by atoms with van der Waals surface area (Å²) in [6.45, 7) is 2.05. The normalized spacial score (nSPS) is 11.2. The molecule has 0 bridgehead atoms. The van der Waals surface area contributed by atoms with Crippen LogP contribution in [0.2, 0.25) is 0 Å². The number of aromatic hydroxyl groups is 1. The van der Waals surface area contributed by atoms with Gasteiger partial charge in [0.1, 0.15) is 0 Å². The highest BCUT2D eigenvalue weighted by Crippen LogP contribution is 2.29. The van der Waals surface area contributed by atoms with E-state index >= 15 is 0 Å². The molecule has 2 N–H and O–H groups in total. The van der Waals surface area contributed by atoms with Crippen LogP contribution in [0.5, 0.6) is 5.75 Å². The second-order valence-electron chi connectivity index (χ2n) is 4.96. The molecule has 0 aliphatic heterocycles. The van der Waals surface area contributed by atoms with Crippen LogP contribution in [-0.4, -0.2) is 18.4 Å². The number of anilines is 1. The van der Waals surface area contributed by atoms with Gasteiger partial charge in [-0.15, -0.1) is 0 Å². The Bertz CT molecular complexity index is 816. The smallest absolute Gasteiger partial charge is 0.312 e. The molecular formula is C15H16N2O5S. The van der Waals surface area contributed by atoms with E-state index in [4.69, 9.17) is 0 Å². The van der Waals surface area contributed by atoms with Crippen LogP contribution >= 0.6 is 0 Å². The Balaban J connectivity index is 2.28. The average Bonchev–Trinajstić information content (AvgIpc) is 2.49. The van der Waals surface area contributed by atoms with Crippen molar-refractivity contribution in [1.29, 1.82) is 0 Å². The van der Waals surface area contributed by atoms with Crippen molar-refractivity contribution in [2.24, 2.45) is 0 Å². The summed E-state index contributed by atoms with van der Waals surface area (Å²) < 4.78 is 26.9. The largest absolute Gasteiger partial charge is 0.502 e. The number of sulfonamides is 1. The molecule has 8 heteroatoms. The average molecular weight is 336 g/mol. The summed E-state index contributed by atoms with van der Waals surface area (Å²) in [6.07, 6.45) is 1.89. The third kappa shape index (κ3) is 3.98. The summed E-state index contributed by atoms with van der Waals surface area (Å²) in [6, 6.07) is 9.83. The Morgan fingerprint density at radius 3 is 2.39 bits per heavy atom. The van der Waals surface area contributed by atoms with Crippen molar-refractivity contribution in [2.75, 3.05) is 4.72 Å². The van der Waals surface area contributed by atoms with E-state index in [1.807, 2.05) is 19.1 Å². The molecule has 122 valence electrons. The highest BCUT2D eigenvalue weighted by atomic mass is 32.2. The van der Waals surface area contributed by atoms with Gasteiger partial charge in [0.25, 0.3) is 10.0 Å². The van der Waals surface area contributed by atoms with Crippen LogP contribution in [0.1, 0.15) is 18.9 Å². The lowest BCUT2D eigenvalue weighted by atomic mass is 10.1. The number of nitro benzene ring substituents is 1. The van der Waals surface area contributed by atoms with Crippen molar-refractivity contribution in [3.05, 3.63) is 58.1 Å². The molecule has 23 heavy (non-hydrogen) atoms. The molecule has 0 amide bonds. The van der Waals surface area contributed by atoms with Crippen LogP contribution in [0.3, 0.4) is 0 Å². The maximum Gasteiger partial charge on any atom is 0.312 e. The van der Waals surface area contributed by atoms with Crippen LogP contribution in [0, 0.1) is 10.1 Å². The lowest BCUT2D eigenvalue weighted by Gasteiger charge is -2.09. The fourth-order valence-electron chi connectivity index (χ4n) is 2.06. The monoisotopic (exact) mass is 336 g/mol. The molecule has 0 saturated carbocycles. The predicted molar refractivity (Wildman–Crippen MR) is 86.0 cm³/mol. The highest BCUT2D eigenvalue weighted by Gasteiger charge is 2.21. The fraction of sp³-hybridized carbons (Fsp3) is 0.200. The van der Waals surface area contributed by atoms with E-state index in [1.165, 1.54) is 0 Å². The number of hydrogen-bond acceptors (Lipinski definition) is 5. The summed E-state index contributed by atoms with van der Waals surface area (Å²) >= 11 is 0. The van der Waals surface area contributed by atoms with Crippen LogP contribution in [0.4, 0.5) is 11.4 Å². The van der Waals surface area contributed by atoms with Gasteiger partial charge in [0.05, 0.1) is 9.82 Å². The van der Waals surface area contributed by atoms with Gasteiger partial charge in [-0.25, -0.2) is 8.42 Å². The minimum absolute atomic E-state index is 0.292. The minimum atomic E-state index is -3.98. The predicted octanol–water partition coefficient (Wildman–Crippen LogP) is 3.05. The number of phenols is 1.